The van der Waals surface area contributed by atoms with Crippen LogP contribution in [-0.2, 0) is 21.7 Å². The maximum Gasteiger partial charge on any atom is 0.279 e. The molecule has 3 heterocycles. The molecule has 0 saturated carbocycles. The molecule has 10 heteroatoms. The molecular formula is C34H36N4O6. The van der Waals surface area contributed by atoms with Gasteiger partial charge in [0.05, 0.1) is 48.6 Å². The maximum atomic E-state index is 14.0. The lowest BCUT2D eigenvalue weighted by Gasteiger charge is -2.28. The summed E-state index contributed by atoms with van der Waals surface area (Å²) in [6.07, 6.45) is 5.17. The van der Waals surface area contributed by atoms with Gasteiger partial charge in [0.25, 0.3) is 11.5 Å². The lowest BCUT2D eigenvalue weighted by molar-refractivity contribution is -0.139. The molecule has 3 aromatic carbocycles. The third-order valence-electron chi connectivity index (χ3n) is 8.89. The summed E-state index contributed by atoms with van der Waals surface area (Å²) in [5.41, 5.74) is 1.22. The molecular weight excluding hydrogens is 560 g/mol. The number of aliphatic hydroxyl groups is 2. The summed E-state index contributed by atoms with van der Waals surface area (Å²) >= 11 is 0. The van der Waals surface area contributed by atoms with Crippen LogP contribution < -0.4 is 15.2 Å². The van der Waals surface area contributed by atoms with Crippen LogP contribution >= 0.6 is 0 Å². The van der Waals surface area contributed by atoms with Crippen LogP contribution in [0.3, 0.4) is 0 Å². The van der Waals surface area contributed by atoms with Gasteiger partial charge >= 0.3 is 0 Å². The van der Waals surface area contributed by atoms with Crippen molar-refractivity contribution in [3.8, 4) is 11.4 Å². The van der Waals surface area contributed by atoms with Crippen LogP contribution in [0, 0.1) is 5.92 Å². The van der Waals surface area contributed by atoms with E-state index in [9.17, 15) is 24.6 Å². The van der Waals surface area contributed by atoms with Gasteiger partial charge in [0.1, 0.15) is 5.75 Å². The number of rotatable bonds is 9. The number of nitrogens with one attached hydrogen (secondary N) is 1. The average molecular weight is 597 g/mol. The Morgan fingerprint density at radius 2 is 1.91 bits per heavy atom. The van der Waals surface area contributed by atoms with Crippen LogP contribution in [-0.4, -0.2) is 63.0 Å². The number of aliphatic hydroxyl groups excluding tert-OH is 1. The molecule has 2 aliphatic heterocycles. The van der Waals surface area contributed by atoms with E-state index < -0.39 is 17.4 Å². The van der Waals surface area contributed by atoms with Crippen LogP contribution in [0.25, 0.3) is 16.6 Å². The molecule has 0 radical (unpaired) electrons. The fourth-order valence-electron chi connectivity index (χ4n) is 6.37. The molecule has 4 aromatic rings. The summed E-state index contributed by atoms with van der Waals surface area (Å²) in [5.74, 6) is -0.695. The SMILES string of the molecule is COc1ccc2c(c1)[C@](O)([C@@H](C)/C=C/CC(=O)N1CCC[C@H]1CO)C(=O)N2Cc1ccc(-n2[nH]c3ccccc3c2=O)cc1. The summed E-state index contributed by atoms with van der Waals surface area (Å²) in [5, 5.41) is 25.3. The minimum Gasteiger partial charge on any atom is -0.497 e. The minimum absolute atomic E-state index is 0.0567. The predicted octanol–water partition coefficient (Wildman–Crippen LogP) is 3.63. The maximum absolute atomic E-state index is 14.0. The molecule has 1 aromatic heterocycles. The number of aromatic amines is 1. The second-order valence-corrected chi connectivity index (χ2v) is 11.5. The average Bonchev–Trinajstić information content (AvgIpc) is 3.72. The molecule has 3 N–H and O–H groups in total. The van der Waals surface area contributed by atoms with Crippen molar-refractivity contribution in [1.29, 1.82) is 0 Å². The number of ether oxygens (including phenoxy) is 1. The van der Waals surface area contributed by atoms with Crippen molar-refractivity contribution in [3.63, 3.8) is 0 Å². The molecule has 0 spiro atoms. The highest BCUT2D eigenvalue weighted by atomic mass is 16.5. The zero-order valence-electron chi connectivity index (χ0n) is 24.8. The second kappa shape index (κ2) is 11.8. The fourth-order valence-corrected chi connectivity index (χ4v) is 6.37. The van der Waals surface area contributed by atoms with E-state index in [-0.39, 0.29) is 37.1 Å². The number of aromatic nitrogens is 2. The van der Waals surface area contributed by atoms with E-state index in [0.717, 1.165) is 23.9 Å². The monoisotopic (exact) mass is 596 g/mol. The number of carbonyl (C=O) groups excluding carboxylic acids is 2. The number of nitrogens with zero attached hydrogens (tertiary/aromatic N) is 3. The molecule has 0 aliphatic carbocycles. The normalized spacial score (nSPS) is 20.5. The molecule has 2 aliphatic rings. The smallest absolute Gasteiger partial charge is 0.279 e. The van der Waals surface area contributed by atoms with E-state index in [2.05, 4.69) is 5.10 Å². The molecule has 1 fully saturated rings. The molecule has 10 nitrogen and oxygen atoms in total. The molecule has 0 unspecified atom stereocenters. The third-order valence-corrected chi connectivity index (χ3v) is 8.89. The highest BCUT2D eigenvalue weighted by Gasteiger charge is 2.52. The van der Waals surface area contributed by atoms with Gasteiger partial charge in [0.2, 0.25) is 5.91 Å². The summed E-state index contributed by atoms with van der Waals surface area (Å²) in [6, 6.07) is 19.7. The predicted molar refractivity (Wildman–Crippen MR) is 167 cm³/mol. The van der Waals surface area contributed by atoms with Gasteiger partial charge in [-0.2, -0.15) is 0 Å². The summed E-state index contributed by atoms with van der Waals surface area (Å²) in [6.45, 7) is 2.52. The molecule has 44 heavy (non-hydrogen) atoms. The molecule has 2 amide bonds. The Balaban J connectivity index is 1.24. The number of hydrogen-bond donors (Lipinski definition) is 3. The fraction of sp³-hybridized carbons (Fsp3) is 0.324. The number of anilines is 1. The summed E-state index contributed by atoms with van der Waals surface area (Å²) in [4.78, 5) is 42.9. The van der Waals surface area contributed by atoms with E-state index in [4.69, 9.17) is 4.74 Å². The van der Waals surface area contributed by atoms with Crippen molar-refractivity contribution >= 4 is 28.4 Å². The number of amides is 2. The Kier molecular flexibility index (Phi) is 7.87. The molecule has 6 rings (SSSR count). The van der Waals surface area contributed by atoms with Gasteiger partial charge in [-0.1, -0.05) is 43.3 Å². The number of benzene rings is 3. The van der Waals surface area contributed by atoms with Crippen LogP contribution in [0.2, 0.25) is 0 Å². The zero-order valence-corrected chi connectivity index (χ0v) is 24.8. The van der Waals surface area contributed by atoms with Gasteiger partial charge in [-0.05, 0) is 60.9 Å². The first kappa shape index (κ1) is 29.4. The number of H-pyrrole nitrogens is 1. The van der Waals surface area contributed by atoms with Crippen molar-refractivity contribution in [2.45, 2.75) is 44.4 Å². The second-order valence-electron chi connectivity index (χ2n) is 11.5. The Morgan fingerprint density at radius 3 is 2.64 bits per heavy atom. The van der Waals surface area contributed by atoms with Gasteiger partial charge < -0.3 is 24.7 Å². The summed E-state index contributed by atoms with van der Waals surface area (Å²) < 4.78 is 6.91. The Bertz CT molecular complexity index is 1790. The van der Waals surface area contributed by atoms with E-state index in [0.29, 0.717) is 34.6 Å². The highest BCUT2D eigenvalue weighted by Crippen LogP contribution is 2.47. The lowest BCUT2D eigenvalue weighted by atomic mass is 9.83. The van der Waals surface area contributed by atoms with Crippen LogP contribution in [0.4, 0.5) is 5.69 Å². The lowest BCUT2D eigenvalue weighted by Crippen LogP contribution is -2.44. The van der Waals surface area contributed by atoms with Gasteiger partial charge in [-0.15, -0.1) is 0 Å². The number of methoxy groups -OCH3 is 1. The van der Waals surface area contributed by atoms with Crippen molar-refractivity contribution < 1.29 is 24.5 Å². The molecule has 228 valence electrons. The number of likely N-dealkylation sites (tertiary alicyclic amines) is 1. The first-order valence-electron chi connectivity index (χ1n) is 14.8. The molecule has 3 atom stereocenters. The van der Waals surface area contributed by atoms with Gasteiger partial charge in [-0.25, -0.2) is 4.68 Å². The minimum atomic E-state index is -1.87. The van der Waals surface area contributed by atoms with Crippen molar-refractivity contribution in [3.05, 3.63) is 100 Å². The largest absolute Gasteiger partial charge is 0.497 e. The topological polar surface area (TPSA) is 128 Å². The number of para-hydroxylation sites is 1. The van der Waals surface area contributed by atoms with Crippen LogP contribution in [0.1, 0.15) is 37.3 Å². The van der Waals surface area contributed by atoms with Crippen molar-refractivity contribution in [1.82, 2.24) is 14.7 Å². The van der Waals surface area contributed by atoms with Crippen LogP contribution in [0.5, 0.6) is 5.75 Å². The standard InChI is InChI=1S/C34H36N4O6/c1-22(7-5-11-31(40)36-18-6-8-25(36)21-39)34(43)28-19-26(44-2)16-17-30(28)37(33(34)42)20-23-12-14-24(15-13-23)38-32(41)27-9-3-4-10-29(27)35-38/h3-5,7,9-10,12-17,19,22,25,35,39,43H,6,8,11,18,20-21H2,1-2H3/b7-5+/t22-,25-,34+/m0/s1. The molecule has 0 bridgehead atoms. The van der Waals surface area contributed by atoms with E-state index in [1.54, 1.807) is 53.1 Å². The third kappa shape index (κ3) is 4.99. The number of carbonyl (C=O) groups is 2. The Labute approximate surface area is 254 Å². The molecule has 1 saturated heterocycles. The highest BCUT2D eigenvalue weighted by molar-refractivity contribution is 6.07. The van der Waals surface area contributed by atoms with E-state index >= 15 is 0 Å². The van der Waals surface area contributed by atoms with E-state index in [1.165, 1.54) is 11.8 Å². The number of fused-ring (bicyclic) bond motifs is 2. The van der Waals surface area contributed by atoms with Gasteiger partial charge in [0, 0.05) is 24.4 Å². The van der Waals surface area contributed by atoms with E-state index in [1.807, 2.05) is 42.5 Å². The Morgan fingerprint density at radius 1 is 1.14 bits per heavy atom. The van der Waals surface area contributed by atoms with Gasteiger partial charge in [-0.3, -0.25) is 19.5 Å². The quantitative estimate of drug-likeness (QED) is 0.253. The first-order chi connectivity index (χ1) is 21.3. The number of hydrogen-bond acceptors (Lipinski definition) is 6. The Hall–Kier alpha value is -4.67. The first-order valence-corrected chi connectivity index (χ1v) is 14.8. The van der Waals surface area contributed by atoms with Crippen molar-refractivity contribution in [2.24, 2.45) is 5.92 Å². The summed E-state index contributed by atoms with van der Waals surface area (Å²) in [7, 11) is 1.53. The van der Waals surface area contributed by atoms with Crippen molar-refractivity contribution in [2.75, 3.05) is 25.2 Å². The zero-order chi connectivity index (χ0) is 31.0. The van der Waals surface area contributed by atoms with Gasteiger partial charge in [0.15, 0.2) is 5.60 Å². The van der Waals surface area contributed by atoms with Crippen LogP contribution in [0.15, 0.2) is 83.7 Å².